The van der Waals surface area contributed by atoms with Crippen LogP contribution in [0.5, 0.6) is 0 Å². The molecule has 0 fully saturated rings. The van der Waals surface area contributed by atoms with Gasteiger partial charge in [0.15, 0.2) is 0 Å². The topological polar surface area (TPSA) is 0 Å². The summed E-state index contributed by atoms with van der Waals surface area (Å²) in [7, 11) is 0. The fourth-order valence-corrected chi connectivity index (χ4v) is 12.1. The molecule has 5 aromatic carbocycles. The van der Waals surface area contributed by atoms with Crippen molar-refractivity contribution in [1.29, 1.82) is 0 Å². The lowest BCUT2D eigenvalue weighted by molar-refractivity contribution is 0.296. The molecule has 0 heterocycles. The third-order valence-electron chi connectivity index (χ3n) is 14.2. The molecule has 0 heteroatoms. The quantitative estimate of drug-likeness (QED) is 0.156. The maximum absolute atomic E-state index is 2.69. The van der Waals surface area contributed by atoms with Crippen LogP contribution in [0.2, 0.25) is 0 Å². The summed E-state index contributed by atoms with van der Waals surface area (Å²) < 4.78 is 0. The SMILES string of the molecule is CC(C)(C)C1=CC2=C(CC1)C1=C(C3c4c(ccc5c(-c6ccccc6)cc6ccccc6c45)C4(c5ccccc5C5C=CC=CC54)C3C=C1)C2(C)C. The van der Waals surface area contributed by atoms with Crippen molar-refractivity contribution in [2.75, 3.05) is 0 Å². The van der Waals surface area contributed by atoms with Gasteiger partial charge in [0.2, 0.25) is 0 Å². The lowest BCUT2D eigenvalue weighted by atomic mass is 9.59. The maximum Gasteiger partial charge on any atom is 0.0352 e. The molecule has 5 atom stereocenters. The van der Waals surface area contributed by atoms with Gasteiger partial charge in [0, 0.05) is 34.5 Å². The van der Waals surface area contributed by atoms with E-state index in [-0.39, 0.29) is 22.2 Å². The molecule has 0 nitrogen and oxygen atoms in total. The van der Waals surface area contributed by atoms with Crippen LogP contribution in [0, 0.1) is 22.7 Å². The van der Waals surface area contributed by atoms with Gasteiger partial charge in [-0.2, -0.15) is 0 Å². The number of benzene rings is 5. The molecule has 0 aromatic heterocycles. The molecule has 254 valence electrons. The molecule has 0 saturated carbocycles. The van der Waals surface area contributed by atoms with Gasteiger partial charge in [-0.15, -0.1) is 0 Å². The summed E-state index contributed by atoms with van der Waals surface area (Å²) in [6, 6.07) is 37.3. The third-order valence-corrected chi connectivity index (χ3v) is 14.2. The zero-order valence-corrected chi connectivity index (χ0v) is 31.0. The average Bonchev–Trinajstić information content (AvgIpc) is 3.73. The molecule has 5 aromatic rings. The van der Waals surface area contributed by atoms with Gasteiger partial charge in [-0.25, -0.2) is 0 Å². The van der Waals surface area contributed by atoms with Crippen molar-refractivity contribution in [3.05, 3.63) is 190 Å². The molecule has 0 saturated heterocycles. The zero-order chi connectivity index (χ0) is 35.1. The van der Waals surface area contributed by atoms with Crippen LogP contribution in [0.1, 0.15) is 81.5 Å². The second-order valence-electron chi connectivity index (χ2n) is 17.9. The molecular weight excluding hydrogens is 625 g/mol. The van der Waals surface area contributed by atoms with Gasteiger partial charge >= 0.3 is 0 Å². The third kappa shape index (κ3) is 3.73. The summed E-state index contributed by atoms with van der Waals surface area (Å²) in [5, 5.41) is 5.55. The van der Waals surface area contributed by atoms with E-state index in [1.54, 1.807) is 33.4 Å². The summed E-state index contributed by atoms with van der Waals surface area (Å²) in [6.45, 7) is 12.3. The molecule has 6 aliphatic rings. The van der Waals surface area contributed by atoms with Crippen LogP contribution in [0.3, 0.4) is 0 Å². The fourth-order valence-electron chi connectivity index (χ4n) is 12.1. The van der Waals surface area contributed by atoms with E-state index in [1.165, 1.54) is 49.4 Å². The van der Waals surface area contributed by atoms with E-state index in [9.17, 15) is 0 Å². The second kappa shape index (κ2) is 10.3. The Labute approximate surface area is 308 Å². The largest absolute Gasteiger partial charge is 0.0793 e. The second-order valence-corrected chi connectivity index (χ2v) is 17.9. The van der Waals surface area contributed by atoms with Crippen LogP contribution in [0.25, 0.3) is 32.7 Å². The Balaban J connectivity index is 1.28. The van der Waals surface area contributed by atoms with Crippen molar-refractivity contribution in [3.63, 3.8) is 0 Å². The summed E-state index contributed by atoms with van der Waals surface area (Å²) in [5.74, 6) is 1.31. The van der Waals surface area contributed by atoms with E-state index in [0.29, 0.717) is 17.8 Å². The summed E-state index contributed by atoms with van der Waals surface area (Å²) in [6.07, 6.45) is 19.9. The minimum absolute atomic E-state index is 0.0765. The minimum Gasteiger partial charge on any atom is -0.0793 e. The Morgan fingerprint density at radius 3 is 2.31 bits per heavy atom. The Hall–Kier alpha value is -4.94. The van der Waals surface area contributed by atoms with Crippen LogP contribution >= 0.6 is 0 Å². The van der Waals surface area contributed by atoms with Gasteiger partial charge in [0.05, 0.1) is 0 Å². The first-order valence-corrected chi connectivity index (χ1v) is 19.6. The highest BCUT2D eigenvalue weighted by molar-refractivity contribution is 6.16. The number of rotatable bonds is 1. The van der Waals surface area contributed by atoms with Gasteiger partial charge in [0.1, 0.15) is 0 Å². The van der Waals surface area contributed by atoms with Crippen LogP contribution < -0.4 is 0 Å². The van der Waals surface area contributed by atoms with E-state index in [1.807, 2.05) is 0 Å². The van der Waals surface area contributed by atoms with Gasteiger partial charge in [-0.3, -0.25) is 0 Å². The van der Waals surface area contributed by atoms with Crippen LogP contribution in [0.15, 0.2) is 167 Å². The van der Waals surface area contributed by atoms with E-state index in [4.69, 9.17) is 0 Å². The molecule has 6 aliphatic carbocycles. The van der Waals surface area contributed by atoms with Crippen molar-refractivity contribution in [2.45, 2.75) is 64.7 Å². The highest BCUT2D eigenvalue weighted by atomic mass is 14.7. The van der Waals surface area contributed by atoms with Gasteiger partial charge < -0.3 is 0 Å². The standard InChI is InChI=1S/C52H46/c1-50(2,3)33-23-24-37-39-26-28-44-48(49(39)51(4,5)45(37)30-33)47-43(52(44)41-21-13-11-19-35(41)36-20-12-14-22-42(36)52)27-25-38-40(31-15-7-6-8-16-31)29-32-17-9-10-18-34(32)46(38)47/h6-22,25-30,35,41,44,48H,23-24H2,1-5H3. The van der Waals surface area contributed by atoms with Crippen molar-refractivity contribution >= 4 is 21.5 Å². The smallest absolute Gasteiger partial charge is 0.0352 e. The molecule has 0 bridgehead atoms. The number of hydrogen-bond donors (Lipinski definition) is 0. The summed E-state index contributed by atoms with van der Waals surface area (Å²) >= 11 is 0. The van der Waals surface area contributed by atoms with E-state index in [0.717, 1.165) is 12.8 Å². The molecule has 0 radical (unpaired) electrons. The first-order chi connectivity index (χ1) is 25.2. The fraction of sp³-hybridized carbons (Fsp3) is 0.269. The van der Waals surface area contributed by atoms with Crippen LogP contribution in [-0.4, -0.2) is 0 Å². The van der Waals surface area contributed by atoms with E-state index in [2.05, 4.69) is 174 Å². The first-order valence-electron chi connectivity index (χ1n) is 19.6. The van der Waals surface area contributed by atoms with Crippen molar-refractivity contribution < 1.29 is 0 Å². The molecular formula is C52H46. The van der Waals surface area contributed by atoms with Gasteiger partial charge in [0.25, 0.3) is 0 Å². The molecule has 1 spiro atoms. The Morgan fingerprint density at radius 2 is 1.46 bits per heavy atom. The number of fused-ring (bicyclic) bond motifs is 16. The minimum atomic E-state index is -0.165. The Morgan fingerprint density at radius 1 is 0.692 bits per heavy atom. The number of hydrogen-bond acceptors (Lipinski definition) is 0. The van der Waals surface area contributed by atoms with Gasteiger partial charge in [-0.1, -0.05) is 174 Å². The normalized spacial score (nSPS) is 27.5. The lowest BCUT2D eigenvalue weighted by Gasteiger charge is -2.43. The number of allylic oxidation sites excluding steroid dienone is 12. The monoisotopic (exact) mass is 670 g/mol. The predicted molar refractivity (Wildman–Crippen MR) is 219 cm³/mol. The van der Waals surface area contributed by atoms with Crippen molar-refractivity contribution in [2.24, 2.45) is 22.7 Å². The van der Waals surface area contributed by atoms with Crippen molar-refractivity contribution in [3.8, 4) is 11.1 Å². The molecule has 11 rings (SSSR count). The highest BCUT2D eigenvalue weighted by Gasteiger charge is 2.64. The molecule has 52 heavy (non-hydrogen) atoms. The van der Waals surface area contributed by atoms with Crippen LogP contribution in [0.4, 0.5) is 0 Å². The van der Waals surface area contributed by atoms with E-state index >= 15 is 0 Å². The van der Waals surface area contributed by atoms with Crippen molar-refractivity contribution in [1.82, 2.24) is 0 Å². The highest BCUT2D eigenvalue weighted by Crippen LogP contribution is 2.73. The Bertz CT molecular complexity index is 2590. The van der Waals surface area contributed by atoms with Gasteiger partial charge in [-0.05, 0) is 102 Å². The first kappa shape index (κ1) is 30.7. The lowest BCUT2D eigenvalue weighted by Crippen LogP contribution is -2.40. The average molecular weight is 671 g/mol. The molecule has 0 amide bonds. The maximum atomic E-state index is 2.69. The van der Waals surface area contributed by atoms with Crippen LogP contribution in [-0.2, 0) is 5.41 Å². The predicted octanol–water partition coefficient (Wildman–Crippen LogP) is 13.5. The summed E-state index contributed by atoms with van der Waals surface area (Å²) in [5.41, 5.74) is 16.7. The molecule has 0 N–H and O–H groups in total. The zero-order valence-electron chi connectivity index (χ0n) is 31.0. The van der Waals surface area contributed by atoms with E-state index < -0.39 is 0 Å². The molecule has 5 unspecified atom stereocenters. The summed E-state index contributed by atoms with van der Waals surface area (Å²) in [4.78, 5) is 0. The Kier molecular flexibility index (Phi) is 6.10. The molecule has 0 aliphatic heterocycles.